The highest BCUT2D eigenvalue weighted by molar-refractivity contribution is 6.31. The molecule has 9 nitrogen and oxygen atoms in total. The molecular weight excluding hydrogens is 480 g/mol. The van der Waals surface area contributed by atoms with Crippen molar-refractivity contribution in [1.82, 2.24) is 25.2 Å². The number of benzene rings is 1. The fraction of sp³-hybridized carbons (Fsp3) is 0.462. The molecule has 1 saturated heterocycles. The Morgan fingerprint density at radius 1 is 1.25 bits per heavy atom. The van der Waals surface area contributed by atoms with Crippen molar-refractivity contribution in [3.05, 3.63) is 64.8 Å². The summed E-state index contributed by atoms with van der Waals surface area (Å²) in [6.07, 6.45) is 8.91. The summed E-state index contributed by atoms with van der Waals surface area (Å²) in [4.78, 5) is 29.5. The van der Waals surface area contributed by atoms with Crippen molar-refractivity contribution in [3.8, 4) is 0 Å². The summed E-state index contributed by atoms with van der Waals surface area (Å²) in [6.45, 7) is 3.37. The van der Waals surface area contributed by atoms with Gasteiger partial charge in [-0.3, -0.25) is 19.2 Å². The molecule has 188 valence electrons. The Labute approximate surface area is 214 Å². The Bertz CT molecular complexity index is 1270. The Kier molecular flexibility index (Phi) is 5.84. The van der Waals surface area contributed by atoms with Gasteiger partial charge in [0, 0.05) is 54.7 Å². The van der Waals surface area contributed by atoms with Crippen molar-refractivity contribution in [2.75, 3.05) is 25.0 Å². The third kappa shape index (κ3) is 4.10. The van der Waals surface area contributed by atoms with Crippen molar-refractivity contribution >= 4 is 29.1 Å². The maximum Gasteiger partial charge on any atom is 0.273 e. The molecule has 1 saturated carbocycles. The fourth-order valence-corrected chi connectivity index (χ4v) is 6.18. The molecule has 10 heteroatoms. The Hall–Kier alpha value is -3.17. The molecule has 2 amide bonds. The lowest BCUT2D eigenvalue weighted by Crippen LogP contribution is -2.47. The predicted octanol–water partition coefficient (Wildman–Crippen LogP) is 3.24. The number of aromatic nitrogens is 3. The maximum atomic E-state index is 13.2. The molecule has 1 N–H and O–H groups in total. The lowest BCUT2D eigenvalue weighted by atomic mass is 9.73. The predicted molar refractivity (Wildman–Crippen MR) is 134 cm³/mol. The minimum Gasteiger partial charge on any atom is -0.364 e. The van der Waals surface area contributed by atoms with Crippen molar-refractivity contribution < 1.29 is 14.1 Å². The molecule has 4 heterocycles. The van der Waals surface area contributed by atoms with Crippen molar-refractivity contribution in [3.63, 3.8) is 0 Å². The Morgan fingerprint density at radius 3 is 2.81 bits per heavy atom. The molecule has 0 atom stereocenters. The molecule has 1 aromatic carbocycles. The van der Waals surface area contributed by atoms with Gasteiger partial charge in [-0.15, -0.1) is 0 Å². The van der Waals surface area contributed by atoms with Crippen LogP contribution in [0.5, 0.6) is 0 Å². The monoisotopic (exact) mass is 508 g/mol. The zero-order chi connectivity index (χ0) is 24.9. The van der Waals surface area contributed by atoms with E-state index in [0.717, 1.165) is 63.1 Å². The number of hydrogen-bond acceptors (Lipinski definition) is 6. The van der Waals surface area contributed by atoms with E-state index in [0.29, 0.717) is 16.6 Å². The van der Waals surface area contributed by atoms with Crippen LogP contribution in [0.3, 0.4) is 0 Å². The number of fused-ring (bicyclic) bond motifs is 2. The van der Waals surface area contributed by atoms with Gasteiger partial charge in [0.25, 0.3) is 5.91 Å². The van der Waals surface area contributed by atoms with E-state index in [9.17, 15) is 9.59 Å². The highest BCUT2D eigenvalue weighted by atomic mass is 35.5. The van der Waals surface area contributed by atoms with Gasteiger partial charge in [0.05, 0.1) is 11.6 Å². The summed E-state index contributed by atoms with van der Waals surface area (Å²) < 4.78 is 6.74. The number of nitrogens with zero attached hydrogens (tertiary/aromatic N) is 5. The number of halogens is 1. The summed E-state index contributed by atoms with van der Waals surface area (Å²) in [5.41, 5.74) is 3.09. The van der Waals surface area contributed by atoms with E-state index in [1.807, 2.05) is 36.1 Å². The van der Waals surface area contributed by atoms with Crippen LogP contribution in [0.25, 0.3) is 0 Å². The second-order valence-electron chi connectivity index (χ2n) is 10.3. The quantitative estimate of drug-likeness (QED) is 0.549. The topological polar surface area (TPSA) is 96.5 Å². The van der Waals surface area contributed by atoms with Crippen LogP contribution in [0.1, 0.15) is 47.3 Å². The molecular formula is C26H29ClN6O3. The van der Waals surface area contributed by atoms with E-state index in [4.69, 9.17) is 16.1 Å². The molecule has 6 rings (SSSR count). The molecule has 1 aliphatic carbocycles. The summed E-state index contributed by atoms with van der Waals surface area (Å²) >= 11 is 6.29. The molecule has 0 bridgehead atoms. The van der Waals surface area contributed by atoms with Gasteiger partial charge in [0.2, 0.25) is 5.91 Å². The van der Waals surface area contributed by atoms with Crippen molar-refractivity contribution in [1.29, 1.82) is 0 Å². The molecule has 2 aromatic heterocycles. The largest absolute Gasteiger partial charge is 0.364 e. The molecule has 3 aromatic rings. The molecule has 0 unspecified atom stereocenters. The van der Waals surface area contributed by atoms with E-state index < -0.39 is 5.41 Å². The number of carbonyl (C=O) groups excluding carboxylic acids is 2. The molecule has 2 aliphatic heterocycles. The number of piperidine rings is 1. The van der Waals surface area contributed by atoms with Gasteiger partial charge >= 0.3 is 0 Å². The van der Waals surface area contributed by atoms with Crippen LogP contribution in [-0.2, 0) is 23.3 Å². The van der Waals surface area contributed by atoms with E-state index >= 15 is 0 Å². The number of anilines is 1. The standard InChI is InChI=1S/C26H29ClN6O3/c1-31-23-3-2-19(27)12-21(23)26(25(31)35)5-7-32(8-6-26)14-18-13-28-33(16-18)15-17-10-20(11-17)29-24(34)22-4-9-36-30-22/h2-4,9,12-13,16-17,20H,5-8,10-11,14-15H2,1H3,(H,29,34). The summed E-state index contributed by atoms with van der Waals surface area (Å²) in [7, 11) is 1.86. The van der Waals surface area contributed by atoms with Gasteiger partial charge in [-0.2, -0.15) is 5.10 Å². The average Bonchev–Trinajstić information content (AvgIpc) is 3.58. The first-order valence-corrected chi connectivity index (χ1v) is 12.8. The first kappa shape index (κ1) is 23.2. The van der Waals surface area contributed by atoms with Gasteiger partial charge in [0.1, 0.15) is 6.26 Å². The van der Waals surface area contributed by atoms with E-state index in [1.165, 1.54) is 11.8 Å². The van der Waals surface area contributed by atoms with Gasteiger partial charge in [0.15, 0.2) is 5.69 Å². The first-order valence-electron chi connectivity index (χ1n) is 12.4. The number of amides is 2. The number of carbonyl (C=O) groups is 2. The smallest absolute Gasteiger partial charge is 0.273 e. The van der Waals surface area contributed by atoms with Crippen LogP contribution >= 0.6 is 11.6 Å². The number of likely N-dealkylation sites (tertiary alicyclic amines) is 1. The Morgan fingerprint density at radius 2 is 2.06 bits per heavy atom. The van der Waals surface area contributed by atoms with Crippen molar-refractivity contribution in [2.45, 2.75) is 50.2 Å². The van der Waals surface area contributed by atoms with Crippen LogP contribution in [-0.4, -0.2) is 57.8 Å². The molecule has 1 spiro atoms. The van der Waals surface area contributed by atoms with Gasteiger partial charge in [-0.05, 0) is 68.5 Å². The Balaban J connectivity index is 1.00. The number of rotatable bonds is 6. The number of hydrogen-bond donors (Lipinski definition) is 1. The van der Waals surface area contributed by atoms with Crippen LogP contribution < -0.4 is 10.2 Å². The molecule has 3 aliphatic rings. The van der Waals surface area contributed by atoms with Gasteiger partial charge in [-0.1, -0.05) is 16.8 Å². The third-order valence-corrected chi connectivity index (χ3v) is 8.27. The minimum atomic E-state index is -0.459. The average molecular weight is 509 g/mol. The van der Waals surface area contributed by atoms with Crippen LogP contribution in [0.4, 0.5) is 5.69 Å². The summed E-state index contributed by atoms with van der Waals surface area (Å²) in [6, 6.07) is 7.53. The number of nitrogens with one attached hydrogen (secondary N) is 1. The zero-order valence-electron chi connectivity index (χ0n) is 20.2. The molecule has 2 fully saturated rings. The molecule has 0 radical (unpaired) electrons. The van der Waals surface area contributed by atoms with Crippen LogP contribution in [0.2, 0.25) is 5.02 Å². The summed E-state index contributed by atoms with van der Waals surface area (Å²) in [5, 5.41) is 11.9. The van der Waals surface area contributed by atoms with E-state index in [2.05, 4.69) is 26.7 Å². The highest BCUT2D eigenvalue weighted by Crippen LogP contribution is 2.48. The maximum absolute atomic E-state index is 13.2. The van der Waals surface area contributed by atoms with E-state index in [-0.39, 0.29) is 17.9 Å². The lowest BCUT2D eigenvalue weighted by Gasteiger charge is -2.38. The second kappa shape index (κ2) is 9.05. The van der Waals surface area contributed by atoms with Gasteiger partial charge < -0.3 is 14.7 Å². The first-order chi connectivity index (χ1) is 17.4. The SMILES string of the molecule is CN1C(=O)C2(CCN(Cc3cnn(CC4CC(NC(=O)c5ccon5)C4)c3)CC2)c2cc(Cl)ccc21. The zero-order valence-corrected chi connectivity index (χ0v) is 20.9. The van der Waals surface area contributed by atoms with Gasteiger partial charge in [-0.25, -0.2) is 0 Å². The van der Waals surface area contributed by atoms with Crippen LogP contribution in [0, 0.1) is 5.92 Å². The fourth-order valence-electron chi connectivity index (χ4n) is 6.01. The van der Waals surface area contributed by atoms with Crippen molar-refractivity contribution in [2.24, 2.45) is 5.92 Å². The van der Waals surface area contributed by atoms with E-state index in [1.54, 1.807) is 11.0 Å². The molecule has 36 heavy (non-hydrogen) atoms. The normalized spacial score (nSPS) is 23.1. The number of likely N-dealkylation sites (N-methyl/N-ethyl adjacent to an activating group) is 1. The third-order valence-electron chi connectivity index (χ3n) is 8.04. The minimum absolute atomic E-state index is 0.173. The second-order valence-corrected chi connectivity index (χ2v) is 10.8. The highest BCUT2D eigenvalue weighted by Gasteiger charge is 2.51. The lowest BCUT2D eigenvalue weighted by molar-refractivity contribution is -0.124. The van der Waals surface area contributed by atoms with Crippen LogP contribution in [0.15, 0.2) is 47.4 Å². The summed E-state index contributed by atoms with van der Waals surface area (Å²) in [5.74, 6) is 0.491.